The molecule has 0 saturated carbocycles. The van der Waals surface area contributed by atoms with E-state index in [-0.39, 0.29) is 10.2 Å². The predicted molar refractivity (Wildman–Crippen MR) is 57.7 cm³/mol. The molecule has 0 spiro atoms. The average Bonchev–Trinajstić information content (AvgIpc) is 2.17. The van der Waals surface area contributed by atoms with E-state index in [2.05, 4.69) is 10.2 Å². The molecule has 0 bridgehead atoms. The van der Waals surface area contributed by atoms with Crippen LogP contribution in [-0.4, -0.2) is 24.9 Å². The molecule has 0 atom stereocenters. The van der Waals surface area contributed by atoms with Crippen LogP contribution in [0.15, 0.2) is 29.3 Å². The molecular weight excluding hydrogens is 236 g/mol. The number of benzene rings is 1. The third-order valence-electron chi connectivity index (χ3n) is 1.96. The van der Waals surface area contributed by atoms with Crippen LogP contribution in [0.5, 0.6) is 0 Å². The lowest BCUT2D eigenvalue weighted by Gasteiger charge is -2.03. The Labute approximate surface area is 91.8 Å². The van der Waals surface area contributed by atoms with Crippen LogP contribution < -0.4 is 0 Å². The number of aromatic nitrogens is 2. The zero-order chi connectivity index (χ0) is 11.1. The molecular formula is C9H7ClN2O2S. The molecule has 2 aromatic rings. The van der Waals surface area contributed by atoms with Crippen LogP contribution in [0.25, 0.3) is 10.8 Å². The molecule has 0 aliphatic heterocycles. The molecule has 6 heteroatoms. The van der Waals surface area contributed by atoms with Crippen molar-refractivity contribution in [3.63, 3.8) is 0 Å². The van der Waals surface area contributed by atoms with Crippen molar-refractivity contribution in [3.05, 3.63) is 29.4 Å². The Morgan fingerprint density at radius 1 is 1.13 bits per heavy atom. The number of fused-ring (bicyclic) bond motifs is 1. The summed E-state index contributed by atoms with van der Waals surface area (Å²) in [5.74, 6) is 0. The molecule has 0 radical (unpaired) electrons. The predicted octanol–water partition coefficient (Wildman–Crippen LogP) is 1.69. The third-order valence-corrected chi connectivity index (χ3v) is 3.24. The molecule has 4 nitrogen and oxygen atoms in total. The van der Waals surface area contributed by atoms with Crippen molar-refractivity contribution >= 4 is 32.2 Å². The number of sulfone groups is 1. The second-order valence-corrected chi connectivity index (χ2v) is 5.40. The molecule has 0 saturated heterocycles. The fourth-order valence-corrected chi connectivity index (χ4v) is 2.29. The number of hydrogen-bond acceptors (Lipinski definition) is 4. The Hall–Kier alpha value is -1.20. The molecule has 1 aromatic heterocycles. The van der Waals surface area contributed by atoms with Crippen molar-refractivity contribution < 1.29 is 8.42 Å². The molecule has 1 heterocycles. The van der Waals surface area contributed by atoms with Gasteiger partial charge in [-0.1, -0.05) is 35.9 Å². The van der Waals surface area contributed by atoms with Gasteiger partial charge in [-0.25, -0.2) is 8.42 Å². The van der Waals surface area contributed by atoms with Gasteiger partial charge >= 0.3 is 0 Å². The van der Waals surface area contributed by atoms with Gasteiger partial charge in [0.15, 0.2) is 20.0 Å². The minimum atomic E-state index is -3.38. The van der Waals surface area contributed by atoms with Crippen molar-refractivity contribution in [1.29, 1.82) is 0 Å². The van der Waals surface area contributed by atoms with Crippen LogP contribution >= 0.6 is 11.6 Å². The van der Waals surface area contributed by atoms with Crippen LogP contribution in [-0.2, 0) is 9.84 Å². The first-order valence-electron chi connectivity index (χ1n) is 4.11. The normalized spacial score (nSPS) is 11.9. The number of hydrogen-bond donors (Lipinski definition) is 0. The Bertz CT molecular complexity index is 625. The maximum Gasteiger partial charge on any atom is 0.195 e. The molecule has 0 amide bonds. The van der Waals surface area contributed by atoms with Gasteiger partial charge in [-0.05, 0) is 0 Å². The van der Waals surface area contributed by atoms with Gasteiger partial charge in [0.2, 0.25) is 0 Å². The van der Waals surface area contributed by atoms with E-state index in [0.717, 1.165) is 6.26 Å². The Morgan fingerprint density at radius 2 is 1.73 bits per heavy atom. The maximum absolute atomic E-state index is 11.4. The minimum absolute atomic E-state index is 0.0394. The van der Waals surface area contributed by atoms with E-state index < -0.39 is 9.84 Å². The molecule has 15 heavy (non-hydrogen) atoms. The summed E-state index contributed by atoms with van der Waals surface area (Å²) in [6.07, 6.45) is 1.09. The van der Waals surface area contributed by atoms with Crippen molar-refractivity contribution in [2.75, 3.05) is 6.26 Å². The van der Waals surface area contributed by atoms with Gasteiger partial charge in [-0.15, -0.1) is 10.2 Å². The zero-order valence-corrected chi connectivity index (χ0v) is 9.38. The van der Waals surface area contributed by atoms with Gasteiger partial charge in [0.1, 0.15) is 0 Å². The van der Waals surface area contributed by atoms with Crippen LogP contribution in [0, 0.1) is 0 Å². The van der Waals surface area contributed by atoms with Gasteiger partial charge in [-0.2, -0.15) is 0 Å². The van der Waals surface area contributed by atoms with Crippen LogP contribution in [0.4, 0.5) is 0 Å². The summed E-state index contributed by atoms with van der Waals surface area (Å²) in [5.41, 5.74) is 0. The van der Waals surface area contributed by atoms with E-state index in [1.807, 2.05) is 0 Å². The van der Waals surface area contributed by atoms with E-state index in [1.54, 1.807) is 24.3 Å². The van der Waals surface area contributed by atoms with E-state index >= 15 is 0 Å². The Kier molecular flexibility index (Phi) is 2.36. The first-order chi connectivity index (χ1) is 7.00. The van der Waals surface area contributed by atoms with Crippen LogP contribution in [0.1, 0.15) is 0 Å². The number of rotatable bonds is 1. The zero-order valence-electron chi connectivity index (χ0n) is 7.81. The SMILES string of the molecule is CS(=O)(=O)c1nnc(Cl)c2ccccc12. The second kappa shape index (κ2) is 3.43. The Balaban J connectivity index is 2.96. The maximum atomic E-state index is 11.4. The lowest BCUT2D eigenvalue weighted by molar-refractivity contribution is 0.597. The summed E-state index contributed by atoms with van der Waals surface area (Å²) in [4.78, 5) is 0. The van der Waals surface area contributed by atoms with Crippen LogP contribution in [0.3, 0.4) is 0 Å². The molecule has 78 valence electrons. The van der Waals surface area contributed by atoms with Crippen molar-refractivity contribution in [2.45, 2.75) is 5.03 Å². The third kappa shape index (κ3) is 1.80. The van der Waals surface area contributed by atoms with Gasteiger partial charge < -0.3 is 0 Å². The summed E-state index contributed by atoms with van der Waals surface area (Å²) in [7, 11) is -3.38. The van der Waals surface area contributed by atoms with Crippen molar-refractivity contribution in [1.82, 2.24) is 10.2 Å². The van der Waals surface area contributed by atoms with E-state index in [9.17, 15) is 8.42 Å². The molecule has 0 aliphatic carbocycles. The molecule has 1 aromatic carbocycles. The fraction of sp³-hybridized carbons (Fsp3) is 0.111. The summed E-state index contributed by atoms with van der Waals surface area (Å²) in [5, 5.41) is 8.48. The highest BCUT2D eigenvalue weighted by Gasteiger charge is 2.15. The lowest BCUT2D eigenvalue weighted by Crippen LogP contribution is -2.03. The smallest absolute Gasteiger partial charge is 0.195 e. The highest BCUT2D eigenvalue weighted by atomic mass is 35.5. The van der Waals surface area contributed by atoms with Gasteiger partial charge in [0, 0.05) is 17.0 Å². The summed E-state index contributed by atoms with van der Waals surface area (Å²) < 4.78 is 22.8. The quantitative estimate of drug-likeness (QED) is 0.764. The molecule has 0 unspecified atom stereocenters. The largest absolute Gasteiger partial charge is 0.222 e. The van der Waals surface area contributed by atoms with E-state index in [4.69, 9.17) is 11.6 Å². The topological polar surface area (TPSA) is 59.9 Å². The minimum Gasteiger partial charge on any atom is -0.222 e. The van der Waals surface area contributed by atoms with Gasteiger partial charge in [0.05, 0.1) is 0 Å². The first-order valence-corrected chi connectivity index (χ1v) is 6.38. The van der Waals surface area contributed by atoms with E-state index in [1.165, 1.54) is 0 Å². The summed E-state index contributed by atoms with van der Waals surface area (Å²) >= 11 is 5.81. The molecule has 0 N–H and O–H groups in total. The highest BCUT2D eigenvalue weighted by molar-refractivity contribution is 7.90. The molecule has 0 aliphatic rings. The Morgan fingerprint density at radius 3 is 2.33 bits per heavy atom. The number of nitrogens with zero attached hydrogens (tertiary/aromatic N) is 2. The van der Waals surface area contributed by atoms with E-state index in [0.29, 0.717) is 10.8 Å². The summed E-state index contributed by atoms with van der Waals surface area (Å²) in [6.45, 7) is 0. The summed E-state index contributed by atoms with van der Waals surface area (Å²) in [6, 6.07) is 6.87. The van der Waals surface area contributed by atoms with Gasteiger partial charge in [0.25, 0.3) is 0 Å². The van der Waals surface area contributed by atoms with Gasteiger partial charge in [-0.3, -0.25) is 0 Å². The lowest BCUT2D eigenvalue weighted by atomic mass is 10.2. The monoisotopic (exact) mass is 242 g/mol. The van der Waals surface area contributed by atoms with Crippen molar-refractivity contribution in [2.24, 2.45) is 0 Å². The number of halogens is 1. The van der Waals surface area contributed by atoms with Crippen molar-refractivity contribution in [3.8, 4) is 0 Å². The standard InChI is InChI=1S/C9H7ClN2O2S/c1-15(13,14)9-7-5-3-2-4-6(7)8(10)11-12-9/h2-5H,1H3. The fourth-order valence-electron chi connectivity index (χ4n) is 1.32. The molecule has 2 rings (SSSR count). The average molecular weight is 243 g/mol. The molecule has 0 fully saturated rings. The highest BCUT2D eigenvalue weighted by Crippen LogP contribution is 2.24. The second-order valence-electron chi connectivity index (χ2n) is 3.11. The van der Waals surface area contributed by atoms with Crippen LogP contribution in [0.2, 0.25) is 5.15 Å². The first kappa shape index (κ1) is 10.3.